The van der Waals surface area contributed by atoms with Crippen molar-refractivity contribution in [1.82, 2.24) is 0 Å². The minimum atomic E-state index is 0.0403. The maximum absolute atomic E-state index is 9.10. The Kier molecular flexibility index (Phi) is 2.68. The maximum Gasteiger partial charge on any atom is 0.0818 e. The fraction of sp³-hybridized carbons (Fsp3) is 0.800. The molecule has 3 atom stereocenters. The molecule has 2 nitrogen and oxygen atoms in total. The first-order chi connectivity index (χ1) is 6.19. The fourth-order valence-electron chi connectivity index (χ4n) is 2.28. The Bertz CT molecular complexity index is 239. The van der Waals surface area contributed by atoms with Crippen LogP contribution in [0.25, 0.3) is 0 Å². The van der Waals surface area contributed by atoms with Gasteiger partial charge in [0.05, 0.1) is 18.3 Å². The van der Waals surface area contributed by atoms with Gasteiger partial charge in [0.25, 0.3) is 0 Å². The molecule has 2 bridgehead atoms. The van der Waals surface area contributed by atoms with Crippen LogP contribution in [0.15, 0.2) is 11.6 Å². The average molecular weight is 294 g/mol. The van der Waals surface area contributed by atoms with Gasteiger partial charge >= 0.3 is 0 Å². The summed E-state index contributed by atoms with van der Waals surface area (Å²) in [4.78, 5) is 0. The first-order valence-corrected chi connectivity index (χ1v) is 6.26. The van der Waals surface area contributed by atoms with Crippen LogP contribution in [-0.2, 0) is 4.74 Å². The smallest absolute Gasteiger partial charge is 0.0818 e. The summed E-state index contributed by atoms with van der Waals surface area (Å²) in [7, 11) is 0. The Hall–Kier alpha value is 0.390. The predicted molar refractivity (Wildman–Crippen MR) is 60.1 cm³/mol. The van der Waals surface area contributed by atoms with E-state index < -0.39 is 0 Å². The van der Waals surface area contributed by atoms with Gasteiger partial charge in [-0.25, -0.2) is 0 Å². The highest BCUT2D eigenvalue weighted by Gasteiger charge is 2.46. The van der Waals surface area contributed by atoms with Gasteiger partial charge in [-0.05, 0) is 31.3 Å². The number of hydrogen-bond acceptors (Lipinski definition) is 2. The number of aliphatic hydroxyl groups is 1. The molecule has 0 unspecified atom stereocenters. The second-order valence-electron chi connectivity index (χ2n) is 4.16. The molecule has 0 aromatic rings. The molecule has 2 aliphatic rings. The van der Waals surface area contributed by atoms with Crippen LogP contribution in [0.1, 0.15) is 19.8 Å². The second kappa shape index (κ2) is 3.51. The lowest BCUT2D eigenvalue weighted by Crippen LogP contribution is -2.32. The van der Waals surface area contributed by atoms with Crippen molar-refractivity contribution in [3.8, 4) is 0 Å². The highest BCUT2D eigenvalue weighted by Crippen LogP contribution is 2.45. The van der Waals surface area contributed by atoms with Gasteiger partial charge in [-0.1, -0.05) is 28.7 Å². The van der Waals surface area contributed by atoms with Crippen molar-refractivity contribution in [3.63, 3.8) is 0 Å². The molecule has 74 valence electrons. The third-order valence-corrected chi connectivity index (χ3v) is 4.81. The van der Waals surface area contributed by atoms with Crippen LogP contribution in [0.2, 0.25) is 0 Å². The summed E-state index contributed by atoms with van der Waals surface area (Å²) >= 11 is 2.39. The number of fused-ring (bicyclic) bond motifs is 2. The molecule has 0 aromatic heterocycles. The molecule has 1 saturated heterocycles. The van der Waals surface area contributed by atoms with Gasteiger partial charge in [0, 0.05) is 4.43 Å². The third-order valence-electron chi connectivity index (χ3n) is 3.30. The van der Waals surface area contributed by atoms with Crippen molar-refractivity contribution in [2.75, 3.05) is 11.0 Å². The van der Waals surface area contributed by atoms with Crippen LogP contribution in [0.4, 0.5) is 0 Å². The molecule has 1 aliphatic carbocycles. The highest BCUT2D eigenvalue weighted by molar-refractivity contribution is 14.1. The Labute approximate surface area is 92.5 Å². The van der Waals surface area contributed by atoms with Gasteiger partial charge in [0.1, 0.15) is 0 Å². The molecule has 0 radical (unpaired) electrons. The molecule has 1 N–H and O–H groups in total. The highest BCUT2D eigenvalue weighted by atomic mass is 127. The monoisotopic (exact) mass is 294 g/mol. The van der Waals surface area contributed by atoms with E-state index in [4.69, 9.17) is 9.84 Å². The van der Waals surface area contributed by atoms with Crippen LogP contribution in [0, 0.1) is 5.92 Å². The number of halogens is 1. The number of hydrogen-bond donors (Lipinski definition) is 1. The summed E-state index contributed by atoms with van der Waals surface area (Å²) in [6.45, 7) is 2.35. The molecule has 1 heterocycles. The summed E-state index contributed by atoms with van der Waals surface area (Å²) in [5, 5.41) is 9.10. The van der Waals surface area contributed by atoms with Crippen LogP contribution >= 0.6 is 22.6 Å². The summed E-state index contributed by atoms with van der Waals surface area (Å²) < 4.78 is 7.03. The van der Waals surface area contributed by atoms with E-state index >= 15 is 0 Å². The van der Waals surface area contributed by atoms with E-state index in [1.165, 1.54) is 0 Å². The first-order valence-electron chi connectivity index (χ1n) is 4.73. The van der Waals surface area contributed by atoms with Crippen molar-refractivity contribution in [1.29, 1.82) is 0 Å². The minimum Gasteiger partial charge on any atom is -0.392 e. The van der Waals surface area contributed by atoms with Crippen LogP contribution in [0.3, 0.4) is 0 Å². The molecule has 0 amide bonds. The van der Waals surface area contributed by atoms with Gasteiger partial charge in [-0.2, -0.15) is 0 Å². The van der Waals surface area contributed by atoms with E-state index in [2.05, 4.69) is 35.6 Å². The lowest BCUT2D eigenvalue weighted by molar-refractivity contribution is -0.0102. The van der Waals surface area contributed by atoms with E-state index in [1.54, 1.807) is 0 Å². The molecule has 13 heavy (non-hydrogen) atoms. The van der Waals surface area contributed by atoms with E-state index in [0.29, 0.717) is 5.92 Å². The zero-order chi connectivity index (χ0) is 9.47. The third kappa shape index (κ3) is 1.55. The first kappa shape index (κ1) is 9.93. The SMILES string of the molecule is C[C@]1(CI)O[C@@H]2C[C@H]1CC=C2CO. The fourth-order valence-corrected chi connectivity index (χ4v) is 3.08. The lowest BCUT2D eigenvalue weighted by Gasteiger charge is -2.26. The van der Waals surface area contributed by atoms with Crippen molar-refractivity contribution in [2.24, 2.45) is 5.92 Å². The van der Waals surface area contributed by atoms with Crippen LogP contribution in [-0.4, -0.2) is 27.8 Å². The number of ether oxygens (including phenoxy) is 1. The normalized spacial score (nSPS) is 43.5. The quantitative estimate of drug-likeness (QED) is 0.479. The zero-order valence-corrected chi connectivity index (χ0v) is 9.95. The number of aliphatic hydroxyl groups excluding tert-OH is 1. The van der Waals surface area contributed by atoms with Crippen LogP contribution in [0.5, 0.6) is 0 Å². The number of rotatable bonds is 2. The summed E-state index contributed by atoms with van der Waals surface area (Å²) in [6, 6.07) is 0. The standard InChI is InChI=1S/C10H15IO2/c1-10(6-11)8-3-2-7(5-12)9(4-8)13-10/h2,8-9,12H,3-6H2,1H3/t8-,9-,10-/m1/s1. The Morgan fingerprint density at radius 3 is 3.15 bits per heavy atom. The van der Waals surface area contributed by atoms with E-state index in [-0.39, 0.29) is 18.3 Å². The van der Waals surface area contributed by atoms with Crippen LogP contribution < -0.4 is 0 Å². The van der Waals surface area contributed by atoms with Gasteiger partial charge < -0.3 is 9.84 Å². The van der Waals surface area contributed by atoms with Crippen molar-refractivity contribution >= 4 is 22.6 Å². The molecular formula is C10H15IO2. The molecule has 3 heteroatoms. The minimum absolute atomic E-state index is 0.0403. The summed E-state index contributed by atoms with van der Waals surface area (Å²) in [6.07, 6.45) is 4.54. The number of alkyl halides is 1. The van der Waals surface area contributed by atoms with Crippen molar-refractivity contribution in [2.45, 2.75) is 31.5 Å². The average Bonchev–Trinajstić information content (AvgIpc) is 2.41. The van der Waals surface area contributed by atoms with E-state index in [9.17, 15) is 0 Å². The second-order valence-corrected chi connectivity index (χ2v) is 4.92. The van der Waals surface area contributed by atoms with Crippen molar-refractivity contribution in [3.05, 3.63) is 11.6 Å². The molecule has 0 spiro atoms. The lowest BCUT2D eigenvalue weighted by atomic mass is 9.82. The molecule has 0 aromatic carbocycles. The van der Waals surface area contributed by atoms with Gasteiger partial charge in [-0.3, -0.25) is 0 Å². The molecule has 0 saturated carbocycles. The van der Waals surface area contributed by atoms with E-state index in [0.717, 1.165) is 22.8 Å². The van der Waals surface area contributed by atoms with Gasteiger partial charge in [0.15, 0.2) is 0 Å². The Morgan fingerprint density at radius 1 is 1.77 bits per heavy atom. The molecule has 1 aliphatic heterocycles. The molecular weight excluding hydrogens is 279 g/mol. The zero-order valence-electron chi connectivity index (χ0n) is 7.79. The topological polar surface area (TPSA) is 29.5 Å². The van der Waals surface area contributed by atoms with Gasteiger partial charge in [0.2, 0.25) is 0 Å². The van der Waals surface area contributed by atoms with Gasteiger partial charge in [-0.15, -0.1) is 0 Å². The summed E-state index contributed by atoms with van der Waals surface area (Å²) in [5.41, 5.74) is 1.13. The predicted octanol–water partition coefficient (Wildman–Crippen LogP) is 1.91. The molecule has 2 rings (SSSR count). The number of allylic oxidation sites excluding steroid dienone is 1. The maximum atomic E-state index is 9.10. The van der Waals surface area contributed by atoms with Crippen molar-refractivity contribution < 1.29 is 9.84 Å². The Balaban J connectivity index is 2.17. The van der Waals surface area contributed by atoms with E-state index in [1.807, 2.05) is 0 Å². The Morgan fingerprint density at radius 2 is 2.54 bits per heavy atom. The largest absolute Gasteiger partial charge is 0.392 e. The summed E-state index contributed by atoms with van der Waals surface area (Å²) in [5.74, 6) is 0.657. The molecule has 1 fully saturated rings.